The summed E-state index contributed by atoms with van der Waals surface area (Å²) in [5.74, 6) is -0.293. The van der Waals surface area contributed by atoms with Crippen LogP contribution in [0.3, 0.4) is 0 Å². The first kappa shape index (κ1) is 13.0. The van der Waals surface area contributed by atoms with Crippen molar-refractivity contribution in [2.75, 3.05) is 0 Å². The number of carbonyl (C=O) groups excluding carboxylic acids is 1. The predicted octanol–water partition coefficient (Wildman–Crippen LogP) is 2.25. The minimum absolute atomic E-state index is 0.0616. The van der Waals surface area contributed by atoms with E-state index < -0.39 is 0 Å². The fraction of sp³-hybridized carbons (Fsp3) is 0.417. The summed E-state index contributed by atoms with van der Waals surface area (Å²) in [6.45, 7) is 3.97. The zero-order valence-electron chi connectivity index (χ0n) is 9.53. The zero-order chi connectivity index (χ0) is 12.1. The number of hydrogen-bond donors (Lipinski definition) is 2. The summed E-state index contributed by atoms with van der Waals surface area (Å²) in [5.41, 5.74) is 6.23. The molecule has 0 saturated carbocycles. The minimum Gasteiger partial charge on any atom is -0.370 e. The summed E-state index contributed by atoms with van der Waals surface area (Å²) >= 11 is 5.91. The van der Waals surface area contributed by atoms with Gasteiger partial charge in [-0.15, -0.1) is 0 Å². The second-order valence-electron chi connectivity index (χ2n) is 4.01. The highest BCUT2D eigenvalue weighted by Gasteiger charge is 2.11. The fourth-order valence-electron chi connectivity index (χ4n) is 1.66. The molecule has 0 aliphatic heterocycles. The molecule has 0 aliphatic rings. The lowest BCUT2D eigenvalue weighted by Crippen LogP contribution is -2.32. The molecule has 4 heteroatoms. The van der Waals surface area contributed by atoms with Gasteiger partial charge in [0.15, 0.2) is 0 Å². The number of benzene rings is 1. The second-order valence-corrected chi connectivity index (χ2v) is 4.45. The van der Waals surface area contributed by atoms with Gasteiger partial charge in [-0.2, -0.15) is 0 Å². The average Bonchev–Trinajstić information content (AvgIpc) is 2.16. The second kappa shape index (κ2) is 5.87. The Kier molecular flexibility index (Phi) is 4.77. The summed E-state index contributed by atoms with van der Waals surface area (Å²) in [6, 6.07) is 7.87. The number of nitrogens with two attached hydrogens (primary N) is 1. The average molecular weight is 241 g/mol. The molecule has 1 amide bonds. The Morgan fingerprint density at radius 1 is 1.50 bits per heavy atom. The van der Waals surface area contributed by atoms with Gasteiger partial charge in [0.1, 0.15) is 0 Å². The van der Waals surface area contributed by atoms with Crippen LogP contribution >= 0.6 is 11.6 Å². The van der Waals surface area contributed by atoms with Crippen LogP contribution < -0.4 is 11.1 Å². The first-order chi connectivity index (χ1) is 7.49. The van der Waals surface area contributed by atoms with E-state index in [1.54, 1.807) is 0 Å². The highest BCUT2D eigenvalue weighted by molar-refractivity contribution is 6.30. The van der Waals surface area contributed by atoms with Crippen molar-refractivity contribution in [2.45, 2.75) is 32.4 Å². The van der Waals surface area contributed by atoms with Gasteiger partial charge >= 0.3 is 0 Å². The molecule has 0 aromatic heterocycles. The van der Waals surface area contributed by atoms with E-state index in [1.807, 2.05) is 38.1 Å². The third-order valence-corrected chi connectivity index (χ3v) is 2.63. The van der Waals surface area contributed by atoms with Crippen molar-refractivity contribution < 1.29 is 4.79 Å². The minimum atomic E-state index is -0.293. The number of nitrogens with one attached hydrogen (secondary N) is 1. The largest absolute Gasteiger partial charge is 0.370 e. The van der Waals surface area contributed by atoms with Gasteiger partial charge in [-0.25, -0.2) is 0 Å². The monoisotopic (exact) mass is 240 g/mol. The van der Waals surface area contributed by atoms with Gasteiger partial charge < -0.3 is 11.1 Å². The first-order valence-corrected chi connectivity index (χ1v) is 5.66. The van der Waals surface area contributed by atoms with E-state index >= 15 is 0 Å². The third-order valence-electron chi connectivity index (χ3n) is 2.39. The zero-order valence-corrected chi connectivity index (χ0v) is 10.3. The molecule has 0 bridgehead atoms. The van der Waals surface area contributed by atoms with E-state index in [9.17, 15) is 4.79 Å². The summed E-state index contributed by atoms with van der Waals surface area (Å²) < 4.78 is 0. The molecular formula is C12H17ClN2O. The van der Waals surface area contributed by atoms with E-state index in [0.29, 0.717) is 11.4 Å². The smallest absolute Gasteiger partial charge is 0.218 e. The lowest BCUT2D eigenvalue weighted by molar-refractivity contribution is -0.118. The molecule has 0 fully saturated rings. The first-order valence-electron chi connectivity index (χ1n) is 5.29. The van der Waals surface area contributed by atoms with Gasteiger partial charge in [0.2, 0.25) is 5.91 Å². The lowest BCUT2D eigenvalue weighted by Gasteiger charge is -2.19. The number of halogens is 1. The third kappa shape index (κ3) is 4.21. The van der Waals surface area contributed by atoms with E-state index in [0.717, 1.165) is 5.56 Å². The van der Waals surface area contributed by atoms with Crippen molar-refractivity contribution in [3.8, 4) is 0 Å². The maximum Gasteiger partial charge on any atom is 0.218 e. The molecule has 0 heterocycles. The number of amides is 1. The van der Waals surface area contributed by atoms with Crippen LogP contribution in [-0.4, -0.2) is 11.9 Å². The molecule has 1 rings (SSSR count). The van der Waals surface area contributed by atoms with Gasteiger partial charge in [-0.1, -0.05) is 23.7 Å². The number of carbonyl (C=O) groups is 1. The Morgan fingerprint density at radius 2 is 2.19 bits per heavy atom. The van der Waals surface area contributed by atoms with Crippen molar-refractivity contribution >= 4 is 17.5 Å². The molecular weight excluding hydrogens is 224 g/mol. The van der Waals surface area contributed by atoms with Crippen LogP contribution in [-0.2, 0) is 4.79 Å². The van der Waals surface area contributed by atoms with E-state index in [-0.39, 0.29) is 18.0 Å². The maximum atomic E-state index is 10.7. The Labute approximate surface area is 101 Å². The van der Waals surface area contributed by atoms with Crippen LogP contribution in [0.2, 0.25) is 5.02 Å². The highest BCUT2D eigenvalue weighted by atomic mass is 35.5. The molecule has 2 atom stereocenters. The molecule has 1 aromatic rings. The van der Waals surface area contributed by atoms with Crippen molar-refractivity contribution in [2.24, 2.45) is 5.73 Å². The van der Waals surface area contributed by atoms with Crippen molar-refractivity contribution in [3.63, 3.8) is 0 Å². The molecule has 2 unspecified atom stereocenters. The Bertz CT molecular complexity index is 368. The molecule has 0 saturated heterocycles. The number of hydrogen-bond acceptors (Lipinski definition) is 2. The maximum absolute atomic E-state index is 10.7. The van der Waals surface area contributed by atoms with Gasteiger partial charge in [0.05, 0.1) is 0 Å². The van der Waals surface area contributed by atoms with Crippen LogP contribution in [0.25, 0.3) is 0 Å². The Hall–Kier alpha value is -1.06. The number of rotatable bonds is 5. The van der Waals surface area contributed by atoms with Gasteiger partial charge in [0.25, 0.3) is 0 Å². The molecule has 3 nitrogen and oxygen atoms in total. The quantitative estimate of drug-likeness (QED) is 0.830. The summed E-state index contributed by atoms with van der Waals surface area (Å²) in [6.07, 6.45) is 0.338. The predicted molar refractivity (Wildman–Crippen MR) is 66.3 cm³/mol. The van der Waals surface area contributed by atoms with Crippen LogP contribution in [0.1, 0.15) is 31.9 Å². The molecule has 0 aliphatic carbocycles. The molecule has 16 heavy (non-hydrogen) atoms. The van der Waals surface area contributed by atoms with Gasteiger partial charge in [0, 0.05) is 23.5 Å². The van der Waals surface area contributed by atoms with E-state index in [4.69, 9.17) is 17.3 Å². The molecule has 88 valence electrons. The Morgan fingerprint density at radius 3 is 2.75 bits per heavy atom. The van der Waals surface area contributed by atoms with Crippen LogP contribution in [0, 0.1) is 0 Å². The summed E-state index contributed by atoms with van der Waals surface area (Å²) in [4.78, 5) is 10.7. The lowest BCUT2D eigenvalue weighted by atomic mass is 10.1. The van der Waals surface area contributed by atoms with E-state index in [2.05, 4.69) is 5.32 Å². The molecule has 0 radical (unpaired) electrons. The van der Waals surface area contributed by atoms with Crippen molar-refractivity contribution in [1.29, 1.82) is 0 Å². The van der Waals surface area contributed by atoms with Crippen molar-refractivity contribution in [1.82, 2.24) is 5.32 Å². The molecule has 0 spiro atoms. The van der Waals surface area contributed by atoms with Crippen molar-refractivity contribution in [3.05, 3.63) is 34.9 Å². The topological polar surface area (TPSA) is 55.1 Å². The van der Waals surface area contributed by atoms with E-state index in [1.165, 1.54) is 0 Å². The fourth-order valence-corrected chi connectivity index (χ4v) is 1.86. The van der Waals surface area contributed by atoms with Crippen LogP contribution in [0.15, 0.2) is 24.3 Å². The summed E-state index contributed by atoms with van der Waals surface area (Å²) in [7, 11) is 0. The van der Waals surface area contributed by atoms with Crippen LogP contribution in [0.5, 0.6) is 0 Å². The summed E-state index contributed by atoms with van der Waals surface area (Å²) in [5, 5.41) is 4.01. The number of primary amides is 1. The highest BCUT2D eigenvalue weighted by Crippen LogP contribution is 2.17. The van der Waals surface area contributed by atoms with Crippen LogP contribution in [0.4, 0.5) is 0 Å². The van der Waals surface area contributed by atoms with Gasteiger partial charge in [-0.05, 0) is 31.5 Å². The molecule has 1 aromatic carbocycles. The SMILES string of the molecule is CC(CC(N)=O)NC(C)c1cccc(Cl)c1. The molecule has 3 N–H and O–H groups in total. The van der Waals surface area contributed by atoms with Gasteiger partial charge in [-0.3, -0.25) is 4.79 Å². The normalized spacial score (nSPS) is 14.4. The Balaban J connectivity index is 2.58. The standard InChI is InChI=1S/C12H17ClN2O/c1-8(6-12(14)16)15-9(2)10-4-3-5-11(13)7-10/h3-5,7-9,15H,6H2,1-2H3,(H2,14,16).